The Morgan fingerprint density at radius 1 is 0.683 bits per heavy atom. The molecular weight excluding hydrogens is 516 g/mol. The molecule has 0 saturated carbocycles. The molecule has 0 aromatic carbocycles. The normalized spacial score (nSPS) is 23.0. The molecule has 0 radical (unpaired) electrons. The van der Waals surface area contributed by atoms with Crippen molar-refractivity contribution >= 4 is 5.97 Å². The van der Waals surface area contributed by atoms with Gasteiger partial charge in [0.25, 0.3) is 0 Å². The lowest BCUT2D eigenvalue weighted by molar-refractivity contribution is -0.139. The van der Waals surface area contributed by atoms with Crippen LogP contribution in [0.15, 0.2) is 11.6 Å². The van der Waals surface area contributed by atoms with Crippen molar-refractivity contribution in [2.45, 2.75) is 205 Å². The van der Waals surface area contributed by atoms with Crippen molar-refractivity contribution in [3.8, 4) is 0 Å². The number of carbonyl (C=O) groups is 1. The van der Waals surface area contributed by atoms with Gasteiger partial charge in [-0.25, -0.2) is 4.79 Å². The maximum Gasteiger partial charge on any atom is 0.334 e. The maximum absolute atomic E-state index is 11.6. The van der Waals surface area contributed by atoms with Gasteiger partial charge in [0, 0.05) is 5.57 Å². The van der Waals surface area contributed by atoms with Crippen LogP contribution < -0.4 is 0 Å². The largest absolute Gasteiger partial charge is 0.455 e. The molecule has 0 bridgehead atoms. The zero-order chi connectivity index (χ0) is 29.7. The van der Waals surface area contributed by atoms with E-state index in [0.29, 0.717) is 0 Å². The summed E-state index contributed by atoms with van der Waals surface area (Å²) in [5, 5.41) is 31.5. The van der Waals surface area contributed by atoms with Crippen LogP contribution in [0.25, 0.3) is 0 Å². The molecule has 0 amide bonds. The standard InChI is InChI=1S/C35H64O6/c1-3-4-5-6-7-8-9-10-11-18-23-31(37)33-25-26-34(41-33)32(38)24-19-14-17-22-30(36)21-16-13-12-15-20-29-27-28(2)40-35(29)39/h27-28,30-34,36-38H,3-26H2,1-2H3/t28-,30?,31-,32+,33-,34+/m0/s1. The summed E-state index contributed by atoms with van der Waals surface area (Å²) in [5.41, 5.74) is 0.819. The number of cyclic esters (lactones) is 1. The van der Waals surface area contributed by atoms with Gasteiger partial charge in [-0.2, -0.15) is 0 Å². The van der Waals surface area contributed by atoms with Gasteiger partial charge in [0.15, 0.2) is 0 Å². The van der Waals surface area contributed by atoms with Crippen LogP contribution >= 0.6 is 0 Å². The Balaban J connectivity index is 1.39. The summed E-state index contributed by atoms with van der Waals surface area (Å²) >= 11 is 0. The van der Waals surface area contributed by atoms with Crippen LogP contribution in [0.5, 0.6) is 0 Å². The van der Waals surface area contributed by atoms with Crippen LogP contribution in [-0.4, -0.2) is 57.9 Å². The molecule has 2 rings (SSSR count). The van der Waals surface area contributed by atoms with E-state index in [0.717, 1.165) is 102 Å². The molecule has 41 heavy (non-hydrogen) atoms. The van der Waals surface area contributed by atoms with E-state index in [9.17, 15) is 20.1 Å². The summed E-state index contributed by atoms with van der Waals surface area (Å²) in [5.74, 6) is -0.158. The van der Waals surface area contributed by atoms with Crippen molar-refractivity contribution in [2.75, 3.05) is 0 Å². The van der Waals surface area contributed by atoms with Crippen LogP contribution in [-0.2, 0) is 14.3 Å². The van der Waals surface area contributed by atoms with E-state index in [-0.39, 0.29) is 30.4 Å². The number of ether oxygens (including phenoxy) is 2. The van der Waals surface area contributed by atoms with Crippen molar-refractivity contribution in [1.29, 1.82) is 0 Å². The lowest BCUT2D eigenvalue weighted by Gasteiger charge is -2.22. The lowest BCUT2D eigenvalue weighted by Crippen LogP contribution is -2.31. The average molecular weight is 581 g/mol. The van der Waals surface area contributed by atoms with Crippen LogP contribution in [0.2, 0.25) is 0 Å². The first-order chi connectivity index (χ1) is 19.9. The highest BCUT2D eigenvalue weighted by Crippen LogP contribution is 2.28. The minimum atomic E-state index is -0.459. The predicted octanol–water partition coefficient (Wildman–Crippen LogP) is 8.09. The second-order valence-electron chi connectivity index (χ2n) is 12.9. The minimum absolute atomic E-state index is 0.0812. The number of aliphatic hydroxyl groups is 3. The Labute approximate surface area is 251 Å². The number of esters is 1. The fourth-order valence-corrected chi connectivity index (χ4v) is 6.39. The Morgan fingerprint density at radius 2 is 1.12 bits per heavy atom. The van der Waals surface area contributed by atoms with Gasteiger partial charge in [0.1, 0.15) is 6.10 Å². The Hall–Kier alpha value is -0.950. The lowest BCUT2D eigenvalue weighted by atomic mass is 9.99. The molecule has 1 saturated heterocycles. The quantitative estimate of drug-likeness (QED) is 0.0707. The molecule has 0 aliphatic carbocycles. The monoisotopic (exact) mass is 580 g/mol. The van der Waals surface area contributed by atoms with Crippen molar-refractivity contribution in [1.82, 2.24) is 0 Å². The predicted molar refractivity (Wildman–Crippen MR) is 167 cm³/mol. The fraction of sp³-hybridized carbons (Fsp3) is 0.914. The van der Waals surface area contributed by atoms with Crippen molar-refractivity contribution in [3.05, 3.63) is 11.6 Å². The number of rotatable bonds is 26. The van der Waals surface area contributed by atoms with E-state index >= 15 is 0 Å². The molecule has 6 atom stereocenters. The zero-order valence-corrected chi connectivity index (χ0v) is 26.6. The van der Waals surface area contributed by atoms with Crippen molar-refractivity contribution in [3.63, 3.8) is 0 Å². The van der Waals surface area contributed by atoms with Crippen molar-refractivity contribution < 1.29 is 29.6 Å². The minimum Gasteiger partial charge on any atom is -0.455 e. The first-order valence-corrected chi connectivity index (χ1v) is 17.5. The number of hydrogen-bond acceptors (Lipinski definition) is 6. The third-order valence-corrected chi connectivity index (χ3v) is 9.06. The number of carbonyl (C=O) groups excluding carboxylic acids is 1. The van der Waals surface area contributed by atoms with E-state index in [1.807, 2.05) is 13.0 Å². The number of aliphatic hydroxyl groups excluding tert-OH is 3. The third-order valence-electron chi connectivity index (χ3n) is 9.06. The summed E-state index contributed by atoms with van der Waals surface area (Å²) in [7, 11) is 0. The molecule has 1 fully saturated rings. The second-order valence-corrected chi connectivity index (χ2v) is 12.9. The topological polar surface area (TPSA) is 96.2 Å². The Bertz CT molecular complexity index is 694. The van der Waals surface area contributed by atoms with Crippen molar-refractivity contribution in [2.24, 2.45) is 0 Å². The smallest absolute Gasteiger partial charge is 0.334 e. The van der Waals surface area contributed by atoms with E-state index < -0.39 is 12.2 Å². The summed E-state index contributed by atoms with van der Waals surface area (Å²) in [6.07, 6.45) is 26.2. The van der Waals surface area contributed by atoms with E-state index in [2.05, 4.69) is 6.92 Å². The summed E-state index contributed by atoms with van der Waals surface area (Å²) < 4.78 is 11.2. The molecule has 0 aromatic rings. The molecular formula is C35H64O6. The first-order valence-electron chi connectivity index (χ1n) is 17.5. The second kappa shape index (κ2) is 22.6. The van der Waals surface area contributed by atoms with Gasteiger partial charge >= 0.3 is 5.97 Å². The van der Waals surface area contributed by atoms with E-state index in [4.69, 9.17) is 9.47 Å². The molecule has 6 nitrogen and oxygen atoms in total. The van der Waals surface area contributed by atoms with E-state index in [1.165, 1.54) is 57.8 Å². The molecule has 2 aliphatic rings. The van der Waals surface area contributed by atoms with Gasteiger partial charge in [0.05, 0.1) is 30.5 Å². The Morgan fingerprint density at radius 3 is 1.61 bits per heavy atom. The molecule has 0 spiro atoms. The third kappa shape index (κ3) is 16.5. The van der Waals surface area contributed by atoms with E-state index in [1.54, 1.807) is 0 Å². The molecule has 240 valence electrons. The number of unbranched alkanes of at least 4 members (excludes halogenated alkanes) is 14. The highest BCUT2D eigenvalue weighted by atomic mass is 16.5. The molecule has 0 aromatic heterocycles. The molecule has 6 heteroatoms. The molecule has 2 heterocycles. The van der Waals surface area contributed by atoms with Crippen LogP contribution in [0.3, 0.4) is 0 Å². The maximum atomic E-state index is 11.6. The van der Waals surface area contributed by atoms with Gasteiger partial charge in [-0.1, -0.05) is 110 Å². The fourth-order valence-electron chi connectivity index (χ4n) is 6.39. The molecule has 1 unspecified atom stereocenters. The number of hydrogen-bond donors (Lipinski definition) is 3. The summed E-state index contributed by atoms with van der Waals surface area (Å²) in [6, 6.07) is 0. The highest BCUT2D eigenvalue weighted by molar-refractivity contribution is 5.90. The van der Waals surface area contributed by atoms with Gasteiger partial charge in [0.2, 0.25) is 0 Å². The highest BCUT2D eigenvalue weighted by Gasteiger charge is 2.34. The van der Waals surface area contributed by atoms with Crippen LogP contribution in [0, 0.1) is 0 Å². The van der Waals surface area contributed by atoms with Gasteiger partial charge in [-0.15, -0.1) is 0 Å². The zero-order valence-electron chi connectivity index (χ0n) is 26.6. The van der Waals surface area contributed by atoms with Gasteiger partial charge in [-0.3, -0.25) is 0 Å². The summed E-state index contributed by atoms with van der Waals surface area (Å²) in [4.78, 5) is 11.6. The SMILES string of the molecule is CCCCCCCCCCCC[C@H](O)[C@@H]1CC[C@H]([C@H](O)CCCCCC(O)CCCCCCC2=C[C@H](C)OC2=O)O1. The van der Waals surface area contributed by atoms with Crippen LogP contribution in [0.4, 0.5) is 0 Å². The molecule has 2 aliphatic heterocycles. The summed E-state index contributed by atoms with van der Waals surface area (Å²) in [6.45, 7) is 4.15. The Kier molecular flexibility index (Phi) is 20.0. The van der Waals surface area contributed by atoms with Gasteiger partial charge < -0.3 is 24.8 Å². The van der Waals surface area contributed by atoms with Crippen LogP contribution in [0.1, 0.15) is 168 Å². The average Bonchev–Trinajstić information content (AvgIpc) is 3.57. The van der Waals surface area contributed by atoms with Gasteiger partial charge in [-0.05, 0) is 64.4 Å². The molecule has 3 N–H and O–H groups in total. The first kappa shape index (κ1) is 36.2.